The third-order valence-corrected chi connectivity index (χ3v) is 6.69. The predicted octanol–water partition coefficient (Wildman–Crippen LogP) is 5.87. The molecule has 0 saturated carbocycles. The Labute approximate surface area is 184 Å². The van der Waals surface area contributed by atoms with Gasteiger partial charge < -0.3 is 0 Å². The maximum Gasteiger partial charge on any atom is 0.280 e. The van der Waals surface area contributed by atoms with Crippen LogP contribution in [0.5, 0.6) is 0 Å². The van der Waals surface area contributed by atoms with E-state index in [1.165, 1.54) is 0 Å². The molecule has 30 heavy (non-hydrogen) atoms. The van der Waals surface area contributed by atoms with E-state index in [0.717, 1.165) is 29.8 Å². The van der Waals surface area contributed by atoms with Crippen molar-refractivity contribution in [2.45, 2.75) is 56.7 Å². The first-order valence-electron chi connectivity index (χ1n) is 10.2. The van der Waals surface area contributed by atoms with Crippen molar-refractivity contribution in [2.75, 3.05) is 18.4 Å². The van der Waals surface area contributed by atoms with Crippen LogP contribution in [-0.4, -0.2) is 40.5 Å². The van der Waals surface area contributed by atoms with Gasteiger partial charge in [-0.3, -0.25) is 25.1 Å². The Balaban J connectivity index is 1.85. The van der Waals surface area contributed by atoms with Crippen LogP contribution < -0.4 is 0 Å². The van der Waals surface area contributed by atoms with E-state index in [0.29, 0.717) is 54.3 Å². The maximum absolute atomic E-state index is 13.1. The molecule has 3 unspecified atom stereocenters. The molecule has 160 valence electrons. The van der Waals surface area contributed by atoms with Gasteiger partial charge in [0.1, 0.15) is 6.67 Å². The number of hydrogen-bond donors (Lipinski definition) is 0. The van der Waals surface area contributed by atoms with E-state index < -0.39 is 6.67 Å². The minimum absolute atomic E-state index is 0.0839. The lowest BCUT2D eigenvalue weighted by Gasteiger charge is -2.18. The highest BCUT2D eigenvalue weighted by molar-refractivity contribution is 6.29. The first-order chi connectivity index (χ1) is 14.5. The second-order valence-corrected chi connectivity index (χ2v) is 8.49. The highest BCUT2D eigenvalue weighted by Crippen LogP contribution is 2.45. The average molecular weight is 453 g/mol. The molecule has 1 aromatic rings. The fourth-order valence-electron chi connectivity index (χ4n) is 4.57. The normalized spacial score (nSPS) is 26.0. The molecule has 6 nitrogen and oxygen atoms in total. The fraction of sp³-hybridized carbons (Fsp3) is 0.571. The first kappa shape index (κ1) is 21.4. The summed E-state index contributed by atoms with van der Waals surface area (Å²) in [6.45, 7) is -0.554. The number of hydrogen-bond acceptors (Lipinski definition) is 5. The van der Waals surface area contributed by atoms with Gasteiger partial charge >= 0.3 is 0 Å². The molecule has 0 N–H and O–H groups in total. The quantitative estimate of drug-likeness (QED) is 0.294. The molecule has 9 heteroatoms. The first-order valence-corrected chi connectivity index (χ1v) is 11.3. The van der Waals surface area contributed by atoms with Crippen molar-refractivity contribution in [3.8, 4) is 0 Å². The number of halogens is 3. The number of nitrogens with zero attached hydrogens (tertiary/aromatic N) is 4. The number of nitro groups is 1. The molecule has 0 aliphatic carbocycles. The molecular weight excluding hydrogens is 430 g/mol. The molecule has 0 radical (unpaired) electrons. The van der Waals surface area contributed by atoms with Crippen LogP contribution in [0.2, 0.25) is 0 Å². The van der Waals surface area contributed by atoms with Gasteiger partial charge in [-0.15, -0.1) is 23.2 Å². The summed E-state index contributed by atoms with van der Waals surface area (Å²) < 4.78 is 13.1. The van der Waals surface area contributed by atoms with E-state index >= 15 is 0 Å². The smallest absolute Gasteiger partial charge is 0.280 e. The van der Waals surface area contributed by atoms with Gasteiger partial charge in [0.05, 0.1) is 45.9 Å². The summed E-state index contributed by atoms with van der Waals surface area (Å²) in [5.41, 5.74) is 4.42. The number of alkyl halides is 3. The standard InChI is InChI=1S/C21H23Cl2FN4O2/c22-9-13-1-5-19(25-13)16-7-12(18-4-3-15(11-24)27-18)8-17(21(16)28(29)30)20-6-2-14(10-23)26-20/h7-8,18-20H,1-6,9-11H2. The van der Waals surface area contributed by atoms with Crippen LogP contribution in [0, 0.1) is 10.1 Å². The molecule has 0 spiro atoms. The van der Waals surface area contributed by atoms with E-state index in [4.69, 9.17) is 23.2 Å². The zero-order valence-corrected chi connectivity index (χ0v) is 18.0. The average Bonchev–Trinajstić information content (AvgIpc) is 3.52. The Bertz CT molecular complexity index is 896. The molecule has 3 heterocycles. The fourth-order valence-corrected chi connectivity index (χ4v) is 4.97. The van der Waals surface area contributed by atoms with Crippen LogP contribution >= 0.6 is 23.2 Å². The van der Waals surface area contributed by atoms with Crippen LogP contribution in [0.15, 0.2) is 27.1 Å². The van der Waals surface area contributed by atoms with Crippen molar-refractivity contribution in [2.24, 2.45) is 15.0 Å². The summed E-state index contributed by atoms with van der Waals surface area (Å²) in [5.74, 6) is 0.658. The largest absolute Gasteiger partial charge is 0.285 e. The Morgan fingerprint density at radius 1 is 0.900 bits per heavy atom. The number of rotatable bonds is 7. The Hall–Kier alpha value is -1.86. The summed E-state index contributed by atoms with van der Waals surface area (Å²) >= 11 is 11.9. The molecule has 3 aliphatic rings. The van der Waals surface area contributed by atoms with Gasteiger partial charge in [-0.05, 0) is 56.2 Å². The van der Waals surface area contributed by atoms with E-state index in [1.807, 2.05) is 12.1 Å². The molecule has 1 aromatic carbocycles. The molecule has 3 atom stereocenters. The SMILES string of the molecule is O=[N+]([O-])c1c(C2CCC(CCl)=N2)cc(C2CCC(CF)=N2)cc1C1CCC(CCl)=N1. The molecule has 0 fully saturated rings. The van der Waals surface area contributed by atoms with Crippen LogP contribution in [0.3, 0.4) is 0 Å². The van der Waals surface area contributed by atoms with Crippen molar-refractivity contribution in [3.05, 3.63) is 38.9 Å². The molecular formula is C21H23Cl2FN4O2. The Morgan fingerprint density at radius 2 is 1.37 bits per heavy atom. The van der Waals surface area contributed by atoms with E-state index in [1.54, 1.807) is 0 Å². The van der Waals surface area contributed by atoms with Crippen molar-refractivity contribution in [3.63, 3.8) is 0 Å². The third kappa shape index (κ3) is 4.14. The monoisotopic (exact) mass is 452 g/mol. The third-order valence-electron chi connectivity index (χ3n) is 6.07. The van der Waals surface area contributed by atoms with Gasteiger partial charge in [0.25, 0.3) is 5.69 Å². The lowest BCUT2D eigenvalue weighted by Crippen LogP contribution is -2.08. The highest BCUT2D eigenvalue weighted by atomic mass is 35.5. The summed E-state index contributed by atoms with van der Waals surface area (Å²) in [6, 6.07) is 2.90. The minimum Gasteiger partial charge on any atom is -0.285 e. The van der Waals surface area contributed by atoms with Gasteiger partial charge in [0.2, 0.25) is 0 Å². The molecule has 3 aliphatic heterocycles. The maximum atomic E-state index is 13.1. The number of nitro benzene ring substituents is 1. The predicted molar refractivity (Wildman–Crippen MR) is 119 cm³/mol. The minimum atomic E-state index is -0.554. The van der Waals surface area contributed by atoms with Gasteiger partial charge in [-0.1, -0.05) is 0 Å². The molecule has 0 amide bonds. The lowest BCUT2D eigenvalue weighted by molar-refractivity contribution is -0.386. The number of aliphatic imine (C=N–C) groups is 3. The van der Waals surface area contributed by atoms with Crippen molar-refractivity contribution in [1.82, 2.24) is 0 Å². The zero-order valence-electron chi connectivity index (χ0n) is 16.5. The van der Waals surface area contributed by atoms with Gasteiger partial charge in [0, 0.05) is 17.1 Å². The molecule has 0 saturated heterocycles. The van der Waals surface area contributed by atoms with Crippen molar-refractivity contribution >= 4 is 46.0 Å². The second kappa shape index (κ2) is 9.10. The van der Waals surface area contributed by atoms with Crippen molar-refractivity contribution in [1.29, 1.82) is 0 Å². The van der Waals surface area contributed by atoms with E-state index in [-0.39, 0.29) is 28.7 Å². The number of benzene rings is 1. The molecule has 0 bridgehead atoms. The molecule has 0 aromatic heterocycles. The van der Waals surface area contributed by atoms with Gasteiger partial charge in [0.15, 0.2) is 0 Å². The summed E-state index contributed by atoms with van der Waals surface area (Å²) in [7, 11) is 0. The summed E-state index contributed by atoms with van der Waals surface area (Å²) in [6.07, 6.45) is 4.16. The van der Waals surface area contributed by atoms with Crippen LogP contribution in [0.25, 0.3) is 0 Å². The van der Waals surface area contributed by atoms with Gasteiger partial charge in [-0.2, -0.15) is 0 Å². The van der Waals surface area contributed by atoms with Gasteiger partial charge in [-0.25, -0.2) is 4.39 Å². The summed E-state index contributed by atoms with van der Waals surface area (Å²) in [5, 5.41) is 12.2. The molecule has 4 rings (SSSR count). The zero-order chi connectivity index (χ0) is 21.3. The lowest BCUT2D eigenvalue weighted by atomic mass is 9.89. The van der Waals surface area contributed by atoms with Crippen LogP contribution in [0.4, 0.5) is 10.1 Å². The Kier molecular flexibility index (Phi) is 6.48. The van der Waals surface area contributed by atoms with E-state index in [2.05, 4.69) is 15.0 Å². The topological polar surface area (TPSA) is 80.2 Å². The van der Waals surface area contributed by atoms with Crippen molar-refractivity contribution < 1.29 is 9.31 Å². The van der Waals surface area contributed by atoms with E-state index in [9.17, 15) is 14.5 Å². The Morgan fingerprint density at radius 3 is 1.77 bits per heavy atom. The summed E-state index contributed by atoms with van der Waals surface area (Å²) in [4.78, 5) is 25.6. The van der Waals surface area contributed by atoms with Crippen LogP contribution in [0.1, 0.15) is 73.3 Å². The second-order valence-electron chi connectivity index (χ2n) is 7.96. The highest BCUT2D eigenvalue weighted by Gasteiger charge is 2.35. The van der Waals surface area contributed by atoms with Crippen LogP contribution in [-0.2, 0) is 0 Å².